The van der Waals surface area contributed by atoms with E-state index in [0.29, 0.717) is 18.1 Å². The third-order valence-electron chi connectivity index (χ3n) is 7.03. The Morgan fingerprint density at radius 1 is 1.06 bits per heavy atom. The van der Waals surface area contributed by atoms with E-state index >= 15 is 0 Å². The average molecular weight is 484 g/mol. The number of imidazole rings is 1. The van der Waals surface area contributed by atoms with Gasteiger partial charge in [-0.1, -0.05) is 38.2 Å². The van der Waals surface area contributed by atoms with Gasteiger partial charge >= 0.3 is 12.1 Å². The number of Topliss-reactive ketones (excluding diaryl/α,β-unsaturated/α-hetero) is 1. The smallest absolute Gasteiger partial charge is 0.410 e. The Morgan fingerprint density at radius 2 is 1.80 bits per heavy atom. The van der Waals surface area contributed by atoms with Crippen molar-refractivity contribution in [3.8, 4) is 0 Å². The van der Waals surface area contributed by atoms with Crippen LogP contribution in [0.2, 0.25) is 0 Å². The van der Waals surface area contributed by atoms with Crippen molar-refractivity contribution >= 4 is 23.5 Å². The van der Waals surface area contributed by atoms with Crippen LogP contribution in [-0.2, 0) is 20.7 Å². The van der Waals surface area contributed by atoms with Gasteiger partial charge in [-0.05, 0) is 57.6 Å². The molecule has 1 aliphatic heterocycles. The highest BCUT2D eigenvalue weighted by Gasteiger charge is 2.46. The quantitative estimate of drug-likeness (QED) is 0.547. The molecule has 8 heteroatoms. The van der Waals surface area contributed by atoms with Gasteiger partial charge in [0.05, 0.1) is 12.6 Å². The van der Waals surface area contributed by atoms with Gasteiger partial charge < -0.3 is 13.9 Å². The molecule has 2 fully saturated rings. The summed E-state index contributed by atoms with van der Waals surface area (Å²) >= 11 is 0. The van der Waals surface area contributed by atoms with Gasteiger partial charge in [0.1, 0.15) is 11.2 Å². The predicted molar refractivity (Wildman–Crippen MR) is 131 cm³/mol. The van der Waals surface area contributed by atoms with E-state index in [2.05, 4.69) is 4.98 Å². The van der Waals surface area contributed by atoms with E-state index in [1.165, 1.54) is 19.3 Å². The molecule has 2 aliphatic rings. The zero-order chi connectivity index (χ0) is 25.2. The van der Waals surface area contributed by atoms with Crippen LogP contribution >= 0.6 is 0 Å². The molecule has 1 saturated carbocycles. The minimum Gasteiger partial charge on any atom is -0.461 e. The fourth-order valence-corrected chi connectivity index (χ4v) is 5.56. The number of ketones is 1. The van der Waals surface area contributed by atoms with Gasteiger partial charge in [0.2, 0.25) is 0 Å². The summed E-state index contributed by atoms with van der Waals surface area (Å²) in [5.41, 5.74) is 1.05. The first-order chi connectivity index (χ1) is 16.7. The fraction of sp³-hybridized carbons (Fsp3) is 0.630. The molecule has 2 aromatic heterocycles. The molecular weight excluding hydrogens is 446 g/mol. The highest BCUT2D eigenvalue weighted by atomic mass is 16.6. The minimum absolute atomic E-state index is 0.0361. The number of hydrogen-bond acceptors (Lipinski definition) is 6. The molecule has 8 nitrogen and oxygen atoms in total. The van der Waals surface area contributed by atoms with Gasteiger partial charge in [0.15, 0.2) is 11.5 Å². The van der Waals surface area contributed by atoms with Crippen molar-refractivity contribution in [3.05, 3.63) is 35.8 Å². The number of ether oxygens (including phenoxy) is 2. The maximum atomic E-state index is 13.7. The van der Waals surface area contributed by atoms with E-state index in [9.17, 15) is 14.4 Å². The van der Waals surface area contributed by atoms with Gasteiger partial charge in [-0.3, -0.25) is 9.69 Å². The second-order valence-electron chi connectivity index (χ2n) is 10.8. The third kappa shape index (κ3) is 5.85. The standard InChI is InChI=1S/C27H37N3O5/c1-5-34-25(32)21-17-29-16-18(11-12-23(29)28-21)15-22(31)24-20(19-9-7-6-8-10-19)13-14-30(24)26(33)35-27(2,3)4/h11-12,16-17,19-20,24H,5-10,13-15H2,1-4H3/t20-,24-/m0/s1. The first-order valence-corrected chi connectivity index (χ1v) is 12.8. The van der Waals surface area contributed by atoms with Gasteiger partial charge in [-0.25, -0.2) is 14.6 Å². The highest BCUT2D eigenvalue weighted by Crippen LogP contribution is 2.40. The van der Waals surface area contributed by atoms with Gasteiger partial charge in [-0.2, -0.15) is 0 Å². The summed E-state index contributed by atoms with van der Waals surface area (Å²) < 4.78 is 12.5. The monoisotopic (exact) mass is 483 g/mol. The number of carbonyl (C=O) groups is 3. The molecule has 0 unspecified atom stereocenters. The predicted octanol–water partition coefficient (Wildman–Crippen LogP) is 4.83. The Kier molecular flexibility index (Phi) is 7.47. The number of amides is 1. The molecule has 1 amide bonds. The Hall–Kier alpha value is -2.90. The summed E-state index contributed by atoms with van der Waals surface area (Å²) in [6.07, 6.45) is 9.94. The van der Waals surface area contributed by atoms with Crippen molar-refractivity contribution in [1.29, 1.82) is 0 Å². The molecule has 2 aromatic rings. The number of likely N-dealkylation sites (tertiary alicyclic amines) is 1. The largest absolute Gasteiger partial charge is 0.461 e. The number of carbonyl (C=O) groups excluding carboxylic acids is 3. The van der Waals surface area contributed by atoms with Crippen LogP contribution in [0, 0.1) is 11.8 Å². The van der Waals surface area contributed by atoms with E-state index in [1.54, 1.807) is 28.5 Å². The van der Waals surface area contributed by atoms with E-state index in [0.717, 1.165) is 24.8 Å². The number of pyridine rings is 1. The summed E-state index contributed by atoms with van der Waals surface area (Å²) in [6, 6.07) is 3.18. The van der Waals surface area contributed by atoms with Gasteiger partial charge in [0.25, 0.3) is 0 Å². The van der Waals surface area contributed by atoms with E-state index in [1.807, 2.05) is 33.0 Å². The van der Waals surface area contributed by atoms with Crippen LogP contribution < -0.4 is 0 Å². The van der Waals surface area contributed by atoms with Crippen LogP contribution in [0.5, 0.6) is 0 Å². The highest BCUT2D eigenvalue weighted by molar-refractivity contribution is 5.90. The van der Waals surface area contributed by atoms with Gasteiger partial charge in [-0.15, -0.1) is 0 Å². The number of esters is 1. The zero-order valence-electron chi connectivity index (χ0n) is 21.3. The zero-order valence-corrected chi connectivity index (χ0v) is 21.3. The fourth-order valence-electron chi connectivity index (χ4n) is 5.56. The second kappa shape index (κ2) is 10.4. The molecule has 0 bridgehead atoms. The number of aromatic nitrogens is 2. The molecule has 190 valence electrons. The molecule has 0 aromatic carbocycles. The molecule has 0 radical (unpaired) electrons. The van der Waals surface area contributed by atoms with Crippen LogP contribution in [-0.4, -0.2) is 56.9 Å². The summed E-state index contributed by atoms with van der Waals surface area (Å²) in [4.78, 5) is 44.8. The summed E-state index contributed by atoms with van der Waals surface area (Å²) in [6.45, 7) is 8.13. The number of fused-ring (bicyclic) bond motifs is 1. The number of nitrogens with zero attached hydrogens (tertiary/aromatic N) is 3. The maximum absolute atomic E-state index is 13.7. The summed E-state index contributed by atoms with van der Waals surface area (Å²) in [7, 11) is 0. The molecule has 2 atom stereocenters. The molecule has 3 heterocycles. The van der Waals surface area contributed by atoms with Crippen molar-refractivity contribution in [1.82, 2.24) is 14.3 Å². The molecule has 4 rings (SSSR count). The Morgan fingerprint density at radius 3 is 2.49 bits per heavy atom. The molecular formula is C27H37N3O5. The van der Waals surface area contributed by atoms with Gasteiger partial charge in [0, 0.05) is 25.4 Å². The van der Waals surface area contributed by atoms with Crippen molar-refractivity contribution in [2.45, 2.75) is 84.3 Å². The van der Waals surface area contributed by atoms with Crippen molar-refractivity contribution in [2.24, 2.45) is 11.8 Å². The lowest BCUT2D eigenvalue weighted by atomic mass is 9.75. The lowest BCUT2D eigenvalue weighted by Gasteiger charge is -2.34. The van der Waals surface area contributed by atoms with Crippen molar-refractivity contribution in [2.75, 3.05) is 13.2 Å². The molecule has 1 aliphatic carbocycles. The Balaban J connectivity index is 1.55. The lowest BCUT2D eigenvalue weighted by Crippen LogP contribution is -2.47. The third-order valence-corrected chi connectivity index (χ3v) is 7.03. The Labute approximate surface area is 207 Å². The molecule has 1 saturated heterocycles. The van der Waals surface area contributed by atoms with Crippen LogP contribution in [0.1, 0.15) is 82.3 Å². The molecule has 35 heavy (non-hydrogen) atoms. The van der Waals surface area contributed by atoms with Crippen molar-refractivity contribution in [3.63, 3.8) is 0 Å². The van der Waals surface area contributed by atoms with Crippen LogP contribution in [0.4, 0.5) is 4.79 Å². The first-order valence-electron chi connectivity index (χ1n) is 12.8. The first kappa shape index (κ1) is 25.2. The lowest BCUT2D eigenvalue weighted by molar-refractivity contribution is -0.124. The maximum Gasteiger partial charge on any atom is 0.410 e. The van der Waals surface area contributed by atoms with Crippen molar-refractivity contribution < 1.29 is 23.9 Å². The minimum atomic E-state index is -0.614. The normalized spacial score (nSPS) is 21.3. The number of rotatable bonds is 6. The average Bonchev–Trinajstić information content (AvgIpc) is 3.43. The van der Waals surface area contributed by atoms with Crippen LogP contribution in [0.15, 0.2) is 24.5 Å². The van der Waals surface area contributed by atoms with Crippen LogP contribution in [0.25, 0.3) is 5.65 Å². The van der Waals surface area contributed by atoms with E-state index in [-0.39, 0.29) is 30.4 Å². The Bertz CT molecular complexity index is 1080. The van der Waals surface area contributed by atoms with E-state index in [4.69, 9.17) is 9.47 Å². The second-order valence-corrected chi connectivity index (χ2v) is 10.8. The van der Waals surface area contributed by atoms with E-state index < -0.39 is 23.7 Å². The number of hydrogen-bond donors (Lipinski definition) is 0. The topological polar surface area (TPSA) is 90.2 Å². The SMILES string of the molecule is CCOC(=O)c1cn2cc(CC(=O)[C@@H]3[C@H](C4CCCCC4)CCN3C(=O)OC(C)(C)C)ccc2n1. The van der Waals surface area contributed by atoms with Crippen LogP contribution in [0.3, 0.4) is 0 Å². The summed E-state index contributed by atoms with van der Waals surface area (Å²) in [5, 5.41) is 0. The molecule has 0 spiro atoms. The molecule has 0 N–H and O–H groups in total. The summed E-state index contributed by atoms with van der Waals surface area (Å²) in [5.74, 6) is 0.202.